The molecule has 0 N–H and O–H groups in total. The van der Waals surface area contributed by atoms with E-state index in [1.807, 2.05) is 32.5 Å². The first-order valence-electron chi connectivity index (χ1n) is 7.45. The lowest BCUT2D eigenvalue weighted by Gasteiger charge is -2.40. The predicted octanol–water partition coefficient (Wildman–Crippen LogP) is 3.55. The van der Waals surface area contributed by atoms with Gasteiger partial charge < -0.3 is 14.4 Å². The topological polar surface area (TPSA) is 38.8 Å². The second-order valence-corrected chi connectivity index (χ2v) is 7.89. The van der Waals surface area contributed by atoms with Gasteiger partial charge in [-0.05, 0) is 46.3 Å². The van der Waals surface area contributed by atoms with Crippen LogP contribution in [0.15, 0.2) is 0 Å². The van der Waals surface area contributed by atoms with Gasteiger partial charge in [0.25, 0.3) is 0 Å². The molecule has 0 aromatic heterocycles. The second-order valence-electron chi connectivity index (χ2n) is 6.50. The van der Waals surface area contributed by atoms with Crippen molar-refractivity contribution in [3.05, 3.63) is 0 Å². The lowest BCUT2D eigenvalue weighted by molar-refractivity contribution is -0.0745. The van der Waals surface area contributed by atoms with Gasteiger partial charge in [-0.25, -0.2) is 4.79 Å². The Morgan fingerprint density at radius 2 is 2.10 bits per heavy atom. The zero-order chi connectivity index (χ0) is 15.2. The van der Waals surface area contributed by atoms with Crippen LogP contribution < -0.4 is 0 Å². The first kappa shape index (κ1) is 17.6. The molecule has 118 valence electrons. The first-order chi connectivity index (χ1) is 9.26. The number of carbonyl (C=O) groups excluding carboxylic acids is 1. The van der Waals surface area contributed by atoms with E-state index in [9.17, 15) is 4.79 Å². The summed E-state index contributed by atoms with van der Waals surface area (Å²) in [6.07, 6.45) is 1.75. The summed E-state index contributed by atoms with van der Waals surface area (Å²) in [5.74, 6) is 2.13. The molecule has 0 bridgehead atoms. The Labute approximate surface area is 127 Å². The highest BCUT2D eigenvalue weighted by Gasteiger charge is 2.35. The van der Waals surface area contributed by atoms with E-state index in [1.54, 1.807) is 4.90 Å². The van der Waals surface area contributed by atoms with Crippen LogP contribution >= 0.6 is 11.8 Å². The van der Waals surface area contributed by atoms with Crippen LogP contribution in [0.1, 0.15) is 47.5 Å². The third kappa shape index (κ3) is 6.35. The lowest BCUT2D eigenvalue weighted by Crippen LogP contribution is -2.51. The summed E-state index contributed by atoms with van der Waals surface area (Å²) >= 11 is 1.88. The van der Waals surface area contributed by atoms with E-state index >= 15 is 0 Å². The van der Waals surface area contributed by atoms with Gasteiger partial charge in [-0.1, -0.05) is 6.92 Å². The van der Waals surface area contributed by atoms with Crippen molar-refractivity contribution in [1.82, 2.24) is 4.90 Å². The molecule has 1 saturated heterocycles. The summed E-state index contributed by atoms with van der Waals surface area (Å²) in [6, 6.07) is 0. The molecule has 1 aliphatic heterocycles. The molecular formula is C15H29NO3S. The highest BCUT2D eigenvalue weighted by Crippen LogP contribution is 2.26. The van der Waals surface area contributed by atoms with Crippen LogP contribution in [0.2, 0.25) is 0 Å². The van der Waals surface area contributed by atoms with Crippen molar-refractivity contribution >= 4 is 17.9 Å². The number of hydrogen-bond acceptors (Lipinski definition) is 4. The Bertz CT molecular complexity index is 317. The molecule has 20 heavy (non-hydrogen) atoms. The van der Waals surface area contributed by atoms with Gasteiger partial charge in [-0.15, -0.1) is 0 Å². The summed E-state index contributed by atoms with van der Waals surface area (Å²) < 4.78 is 11.5. The summed E-state index contributed by atoms with van der Waals surface area (Å²) in [4.78, 5) is 13.9. The van der Waals surface area contributed by atoms with Gasteiger partial charge in [0.1, 0.15) is 5.60 Å². The molecular weight excluding hydrogens is 274 g/mol. The Morgan fingerprint density at radius 1 is 1.40 bits per heavy atom. The van der Waals surface area contributed by atoms with Crippen molar-refractivity contribution < 1.29 is 14.3 Å². The van der Waals surface area contributed by atoms with Gasteiger partial charge >= 0.3 is 6.09 Å². The van der Waals surface area contributed by atoms with E-state index in [-0.39, 0.29) is 11.7 Å². The second kappa shape index (κ2) is 7.55. The Hall–Kier alpha value is -0.420. The maximum atomic E-state index is 12.1. The van der Waals surface area contributed by atoms with Crippen molar-refractivity contribution in [1.29, 1.82) is 0 Å². The molecule has 0 spiro atoms. The lowest BCUT2D eigenvalue weighted by atomic mass is 9.95. The minimum atomic E-state index is -0.441. The quantitative estimate of drug-likeness (QED) is 0.728. The Balaban J connectivity index is 2.46. The standard InChI is InChI=1S/C15H29NO3S/c1-6-20-11-10-18-15(5)8-7-9-16(12-15)13(17)19-14(2,3)4/h6-12H2,1-5H3. The number of carbonyl (C=O) groups is 1. The van der Waals surface area contributed by atoms with Crippen molar-refractivity contribution in [2.24, 2.45) is 0 Å². The molecule has 1 rings (SSSR count). The minimum absolute atomic E-state index is 0.227. The van der Waals surface area contributed by atoms with Crippen LogP contribution in [0.3, 0.4) is 0 Å². The molecule has 1 aliphatic rings. The predicted molar refractivity (Wildman–Crippen MR) is 84.4 cm³/mol. The molecule has 4 nitrogen and oxygen atoms in total. The fraction of sp³-hybridized carbons (Fsp3) is 0.933. The smallest absolute Gasteiger partial charge is 0.410 e. The van der Waals surface area contributed by atoms with Gasteiger partial charge in [-0.3, -0.25) is 0 Å². The van der Waals surface area contributed by atoms with E-state index in [1.165, 1.54) is 0 Å². The van der Waals surface area contributed by atoms with Gasteiger partial charge in [0.2, 0.25) is 0 Å². The zero-order valence-electron chi connectivity index (χ0n) is 13.5. The number of rotatable bonds is 5. The molecule has 0 saturated carbocycles. The highest BCUT2D eigenvalue weighted by molar-refractivity contribution is 7.99. The molecule has 1 heterocycles. The van der Waals surface area contributed by atoms with Crippen LogP contribution in [0.25, 0.3) is 0 Å². The average Bonchev–Trinajstić information content (AvgIpc) is 2.33. The van der Waals surface area contributed by atoms with Crippen LogP contribution in [0.4, 0.5) is 4.79 Å². The Kier molecular flexibility index (Phi) is 6.65. The number of ether oxygens (including phenoxy) is 2. The molecule has 1 fully saturated rings. The van der Waals surface area contributed by atoms with Crippen LogP contribution in [-0.4, -0.2) is 53.4 Å². The normalized spacial score (nSPS) is 23.8. The maximum absolute atomic E-state index is 12.1. The van der Waals surface area contributed by atoms with E-state index in [0.717, 1.165) is 37.5 Å². The van der Waals surface area contributed by atoms with Crippen molar-refractivity contribution in [2.45, 2.75) is 58.7 Å². The Morgan fingerprint density at radius 3 is 2.70 bits per heavy atom. The monoisotopic (exact) mass is 303 g/mol. The van der Waals surface area contributed by atoms with E-state index in [0.29, 0.717) is 6.54 Å². The molecule has 5 heteroatoms. The average molecular weight is 303 g/mol. The summed E-state index contributed by atoms with van der Waals surface area (Å²) in [5, 5.41) is 0. The molecule has 0 aromatic rings. The zero-order valence-corrected chi connectivity index (χ0v) is 14.3. The van der Waals surface area contributed by atoms with Crippen LogP contribution in [-0.2, 0) is 9.47 Å². The van der Waals surface area contributed by atoms with Gasteiger partial charge in [0, 0.05) is 12.3 Å². The molecule has 1 amide bonds. The van der Waals surface area contributed by atoms with Crippen molar-refractivity contribution in [2.75, 3.05) is 31.2 Å². The summed E-state index contributed by atoms with van der Waals surface area (Å²) in [5.41, 5.74) is -0.674. The number of thioether (sulfide) groups is 1. The van der Waals surface area contributed by atoms with Gasteiger partial charge in [0.05, 0.1) is 18.8 Å². The summed E-state index contributed by atoms with van der Waals surface area (Å²) in [6.45, 7) is 12.1. The molecule has 1 atom stereocenters. The molecule has 0 radical (unpaired) electrons. The maximum Gasteiger partial charge on any atom is 0.410 e. The number of hydrogen-bond donors (Lipinski definition) is 0. The van der Waals surface area contributed by atoms with Crippen LogP contribution in [0.5, 0.6) is 0 Å². The molecule has 1 unspecified atom stereocenters. The first-order valence-corrected chi connectivity index (χ1v) is 8.61. The minimum Gasteiger partial charge on any atom is -0.444 e. The third-order valence-electron chi connectivity index (χ3n) is 3.19. The summed E-state index contributed by atoms with van der Waals surface area (Å²) in [7, 11) is 0. The van der Waals surface area contributed by atoms with Crippen LogP contribution in [0, 0.1) is 0 Å². The largest absolute Gasteiger partial charge is 0.444 e. The van der Waals surface area contributed by atoms with Crippen molar-refractivity contribution in [3.63, 3.8) is 0 Å². The van der Waals surface area contributed by atoms with Crippen molar-refractivity contribution in [3.8, 4) is 0 Å². The molecule has 0 aromatic carbocycles. The number of likely N-dealkylation sites (tertiary alicyclic amines) is 1. The third-order valence-corrected chi connectivity index (χ3v) is 4.06. The van der Waals surface area contributed by atoms with E-state index in [4.69, 9.17) is 9.47 Å². The van der Waals surface area contributed by atoms with E-state index in [2.05, 4.69) is 13.8 Å². The van der Waals surface area contributed by atoms with Gasteiger partial charge in [0.15, 0.2) is 0 Å². The number of amides is 1. The highest BCUT2D eigenvalue weighted by atomic mass is 32.2. The number of piperidine rings is 1. The van der Waals surface area contributed by atoms with E-state index < -0.39 is 5.60 Å². The fourth-order valence-corrected chi connectivity index (χ4v) is 2.79. The fourth-order valence-electron chi connectivity index (χ4n) is 2.30. The molecule has 0 aliphatic carbocycles. The SMILES string of the molecule is CCSCCOC1(C)CCCN(C(=O)OC(C)(C)C)C1. The van der Waals surface area contributed by atoms with Gasteiger partial charge in [-0.2, -0.15) is 11.8 Å². The number of nitrogens with zero attached hydrogens (tertiary/aromatic N) is 1.